The molecule has 1 saturated heterocycles. The molecule has 0 saturated carbocycles. The highest BCUT2D eigenvalue weighted by Gasteiger charge is 2.26. The van der Waals surface area contributed by atoms with Gasteiger partial charge in [0.1, 0.15) is 11.5 Å². The molecule has 3 rings (SSSR count). The third kappa shape index (κ3) is 3.80. The minimum absolute atomic E-state index is 0.157. The summed E-state index contributed by atoms with van der Waals surface area (Å²) in [5, 5.41) is 3.12. The summed E-state index contributed by atoms with van der Waals surface area (Å²) >= 11 is 0. The van der Waals surface area contributed by atoms with Gasteiger partial charge in [0, 0.05) is 13.0 Å². The van der Waals surface area contributed by atoms with Gasteiger partial charge in [-0.05, 0) is 63.7 Å². The first-order chi connectivity index (χ1) is 10.7. The van der Waals surface area contributed by atoms with Crippen molar-refractivity contribution in [2.45, 2.75) is 45.1 Å². The van der Waals surface area contributed by atoms with Crippen LogP contribution in [0.3, 0.4) is 0 Å². The van der Waals surface area contributed by atoms with E-state index in [1.165, 1.54) is 12.8 Å². The van der Waals surface area contributed by atoms with E-state index in [9.17, 15) is 4.79 Å². The summed E-state index contributed by atoms with van der Waals surface area (Å²) in [5.74, 6) is 2.49. The fourth-order valence-electron chi connectivity index (χ4n) is 3.48. The van der Waals surface area contributed by atoms with Crippen LogP contribution in [-0.2, 0) is 4.79 Å². The molecule has 1 aliphatic carbocycles. The zero-order chi connectivity index (χ0) is 15.4. The summed E-state index contributed by atoms with van der Waals surface area (Å²) < 4.78 is 5.82. The number of hydrogen-bond donors (Lipinski definition) is 1. The maximum atomic E-state index is 12.2. The topological polar surface area (TPSA) is 45.5 Å². The van der Waals surface area contributed by atoms with Crippen molar-refractivity contribution in [1.29, 1.82) is 0 Å². The number of amides is 1. The maximum Gasteiger partial charge on any atom is 0.220 e. The Morgan fingerprint density at radius 3 is 2.86 bits per heavy atom. The predicted molar refractivity (Wildman–Crippen MR) is 86.5 cm³/mol. The van der Waals surface area contributed by atoms with Crippen LogP contribution >= 0.6 is 0 Å². The second kappa shape index (κ2) is 7.14. The third-order valence-corrected chi connectivity index (χ3v) is 4.72. The zero-order valence-corrected chi connectivity index (χ0v) is 13.4. The summed E-state index contributed by atoms with van der Waals surface area (Å²) in [6.07, 6.45) is 9.65. The summed E-state index contributed by atoms with van der Waals surface area (Å²) in [7, 11) is 0. The van der Waals surface area contributed by atoms with Crippen LogP contribution in [0, 0.1) is 12.8 Å². The van der Waals surface area contributed by atoms with E-state index < -0.39 is 0 Å². The van der Waals surface area contributed by atoms with Crippen molar-refractivity contribution in [2.24, 2.45) is 5.92 Å². The first kappa shape index (κ1) is 15.3. The van der Waals surface area contributed by atoms with Gasteiger partial charge in [-0.25, -0.2) is 0 Å². The normalized spacial score (nSPS) is 23.0. The van der Waals surface area contributed by atoms with Gasteiger partial charge in [0.2, 0.25) is 5.91 Å². The van der Waals surface area contributed by atoms with Crippen LogP contribution in [-0.4, -0.2) is 30.4 Å². The largest absolute Gasteiger partial charge is 0.465 e. The van der Waals surface area contributed by atoms with Crippen molar-refractivity contribution in [3.05, 3.63) is 35.8 Å². The number of likely N-dealkylation sites (tertiary alicyclic amines) is 1. The molecule has 120 valence electrons. The lowest BCUT2D eigenvalue weighted by atomic mass is 10.0. The zero-order valence-electron chi connectivity index (χ0n) is 13.4. The molecule has 1 amide bonds. The molecular weight excluding hydrogens is 276 g/mol. The minimum atomic E-state index is 0.157. The van der Waals surface area contributed by atoms with Gasteiger partial charge in [-0.15, -0.1) is 0 Å². The molecule has 1 N–H and O–H groups in total. The summed E-state index contributed by atoms with van der Waals surface area (Å²) in [6, 6.07) is 4.22. The van der Waals surface area contributed by atoms with E-state index in [1.807, 2.05) is 19.1 Å². The lowest BCUT2D eigenvalue weighted by molar-refractivity contribution is -0.122. The monoisotopic (exact) mass is 302 g/mol. The van der Waals surface area contributed by atoms with Gasteiger partial charge in [0.05, 0.1) is 6.04 Å². The second-order valence-corrected chi connectivity index (χ2v) is 6.48. The number of nitrogens with zero attached hydrogens (tertiary/aromatic N) is 1. The number of rotatable bonds is 6. The highest BCUT2D eigenvalue weighted by Crippen LogP contribution is 2.26. The van der Waals surface area contributed by atoms with Crippen LogP contribution < -0.4 is 5.32 Å². The third-order valence-electron chi connectivity index (χ3n) is 4.72. The average Bonchev–Trinajstić information content (AvgIpc) is 3.22. The van der Waals surface area contributed by atoms with Crippen LogP contribution in [0.2, 0.25) is 0 Å². The van der Waals surface area contributed by atoms with Gasteiger partial charge in [-0.1, -0.05) is 12.2 Å². The molecule has 1 aromatic rings. The van der Waals surface area contributed by atoms with Gasteiger partial charge in [-0.3, -0.25) is 9.69 Å². The molecule has 1 aromatic heterocycles. The Morgan fingerprint density at radius 1 is 1.41 bits per heavy atom. The van der Waals surface area contributed by atoms with E-state index in [4.69, 9.17) is 4.42 Å². The average molecular weight is 302 g/mol. The number of allylic oxidation sites excluding steroid dienone is 2. The van der Waals surface area contributed by atoms with Crippen LogP contribution in [0.15, 0.2) is 28.7 Å². The van der Waals surface area contributed by atoms with Crippen molar-refractivity contribution >= 4 is 5.91 Å². The molecular formula is C18H26N2O2. The second-order valence-electron chi connectivity index (χ2n) is 6.48. The molecule has 4 nitrogen and oxygen atoms in total. The van der Waals surface area contributed by atoms with E-state index >= 15 is 0 Å². The first-order valence-corrected chi connectivity index (χ1v) is 8.46. The molecule has 0 aromatic carbocycles. The summed E-state index contributed by atoms with van der Waals surface area (Å²) in [5.41, 5.74) is 0. The lowest BCUT2D eigenvalue weighted by Gasteiger charge is -2.26. The Morgan fingerprint density at radius 2 is 2.23 bits per heavy atom. The molecule has 4 heteroatoms. The van der Waals surface area contributed by atoms with E-state index in [0.29, 0.717) is 18.9 Å². The van der Waals surface area contributed by atoms with Crippen molar-refractivity contribution in [1.82, 2.24) is 10.2 Å². The first-order valence-electron chi connectivity index (χ1n) is 8.46. The molecule has 22 heavy (non-hydrogen) atoms. The molecule has 0 bridgehead atoms. The smallest absolute Gasteiger partial charge is 0.220 e. The van der Waals surface area contributed by atoms with E-state index in [-0.39, 0.29) is 11.9 Å². The fourth-order valence-corrected chi connectivity index (χ4v) is 3.48. The Hall–Kier alpha value is -1.55. The van der Waals surface area contributed by atoms with E-state index in [2.05, 4.69) is 22.4 Å². The number of hydrogen-bond acceptors (Lipinski definition) is 3. The van der Waals surface area contributed by atoms with Crippen LogP contribution in [0.25, 0.3) is 0 Å². The number of nitrogens with one attached hydrogen (secondary N) is 1. The van der Waals surface area contributed by atoms with Crippen molar-refractivity contribution < 1.29 is 9.21 Å². The summed E-state index contributed by atoms with van der Waals surface area (Å²) in [4.78, 5) is 14.6. The standard InChI is InChI=1S/C18H26N2O2/c1-14-8-9-17(22-14)16(20-10-4-5-11-20)13-19-18(21)12-15-6-2-3-7-15/h2,6,8-9,15-16H,3-5,7,10-13H2,1H3,(H,19,21)/t15-,16+/m1/s1. The number of carbonyl (C=O) groups excluding carboxylic acids is 1. The minimum Gasteiger partial charge on any atom is -0.465 e. The Kier molecular flexibility index (Phi) is 4.98. The van der Waals surface area contributed by atoms with Crippen molar-refractivity contribution in [3.63, 3.8) is 0 Å². The highest BCUT2D eigenvalue weighted by atomic mass is 16.3. The number of carbonyl (C=O) groups is 1. The van der Waals surface area contributed by atoms with E-state index in [1.54, 1.807) is 0 Å². The van der Waals surface area contributed by atoms with Crippen molar-refractivity contribution in [3.8, 4) is 0 Å². The van der Waals surface area contributed by atoms with Crippen molar-refractivity contribution in [2.75, 3.05) is 19.6 Å². The molecule has 1 fully saturated rings. The quantitative estimate of drug-likeness (QED) is 0.821. The number of aryl methyl sites for hydroxylation is 1. The molecule has 1 aliphatic heterocycles. The van der Waals surface area contributed by atoms with Gasteiger partial charge in [-0.2, -0.15) is 0 Å². The summed E-state index contributed by atoms with van der Waals surface area (Å²) in [6.45, 7) is 4.79. The molecule has 0 spiro atoms. The Balaban J connectivity index is 1.57. The van der Waals surface area contributed by atoms with Gasteiger partial charge in [0.25, 0.3) is 0 Å². The van der Waals surface area contributed by atoms with Gasteiger partial charge < -0.3 is 9.73 Å². The Labute approximate surface area is 132 Å². The van der Waals surface area contributed by atoms with Crippen LogP contribution in [0.4, 0.5) is 0 Å². The SMILES string of the molecule is Cc1ccc([C@H](CNC(=O)C[C@@H]2C=CCC2)N2CCCC2)o1. The molecule has 2 aliphatic rings. The molecule has 2 heterocycles. The predicted octanol–water partition coefficient (Wildman–Crippen LogP) is 3.20. The lowest BCUT2D eigenvalue weighted by Crippen LogP contribution is -2.37. The fraction of sp³-hybridized carbons (Fsp3) is 0.611. The molecule has 0 radical (unpaired) electrons. The van der Waals surface area contributed by atoms with Gasteiger partial charge >= 0.3 is 0 Å². The molecule has 2 atom stereocenters. The highest BCUT2D eigenvalue weighted by molar-refractivity contribution is 5.76. The van der Waals surface area contributed by atoms with E-state index in [0.717, 1.165) is 37.5 Å². The number of furan rings is 1. The Bertz CT molecular complexity index is 529. The van der Waals surface area contributed by atoms with Crippen LogP contribution in [0.5, 0.6) is 0 Å². The maximum absolute atomic E-state index is 12.2. The van der Waals surface area contributed by atoms with Gasteiger partial charge in [0.15, 0.2) is 0 Å². The van der Waals surface area contributed by atoms with Crippen LogP contribution in [0.1, 0.15) is 49.7 Å². The molecule has 0 unspecified atom stereocenters.